The molecule has 2 N–H and O–H groups in total. The topological polar surface area (TPSA) is 67.2 Å². The molecule has 0 saturated carbocycles. The third-order valence-electron chi connectivity index (χ3n) is 1.93. The fourth-order valence-electron chi connectivity index (χ4n) is 1.31. The zero-order chi connectivity index (χ0) is 11.0. The van der Waals surface area contributed by atoms with Crippen molar-refractivity contribution in [3.8, 4) is 0 Å². The van der Waals surface area contributed by atoms with Crippen LogP contribution < -0.4 is 5.48 Å². The number of hydroxylamine groups is 1. The van der Waals surface area contributed by atoms with Crippen LogP contribution in [0, 0.1) is 6.08 Å². The van der Waals surface area contributed by atoms with Crippen LogP contribution in [0.5, 0.6) is 0 Å². The van der Waals surface area contributed by atoms with Gasteiger partial charge in [-0.05, 0) is 12.1 Å². The largest absolute Gasteiger partial charge is 0.318 e. The summed E-state index contributed by atoms with van der Waals surface area (Å²) >= 11 is 0. The molecule has 0 radical (unpaired) electrons. The van der Waals surface area contributed by atoms with E-state index in [-0.39, 0.29) is 21.4 Å². The number of carbonyl (C=O) groups excluding carboxylic acids is 1. The lowest BCUT2D eigenvalue weighted by Gasteiger charge is -1.99. The van der Waals surface area contributed by atoms with Crippen LogP contribution in [0.25, 0.3) is 11.0 Å². The number of imidazole rings is 1. The number of benzene rings is 1. The molecular formula is C8H5F2N3O2. The van der Waals surface area contributed by atoms with Crippen LogP contribution in [-0.4, -0.2) is 20.9 Å². The molecule has 1 amide bonds. The Labute approximate surface area is 81.8 Å². The van der Waals surface area contributed by atoms with Crippen LogP contribution in [0.15, 0.2) is 18.2 Å². The Kier molecular flexibility index (Phi) is 2.09. The molecule has 0 aliphatic rings. The fraction of sp³-hybridized carbons (Fsp3) is 0. The van der Waals surface area contributed by atoms with Crippen LogP contribution in [0.1, 0.15) is 10.4 Å². The highest BCUT2D eigenvalue weighted by atomic mass is 19.2. The van der Waals surface area contributed by atoms with Crippen molar-refractivity contribution in [1.82, 2.24) is 15.3 Å². The lowest BCUT2D eigenvalue weighted by atomic mass is 10.2. The Hall–Kier alpha value is -2.02. The minimum atomic E-state index is -1.34. The molecule has 1 heterocycles. The van der Waals surface area contributed by atoms with E-state index in [0.29, 0.717) is 0 Å². The number of hydrogen-bond donors (Lipinski definition) is 2. The van der Waals surface area contributed by atoms with Crippen molar-refractivity contribution in [2.75, 3.05) is 0 Å². The molecule has 0 bridgehead atoms. The highest BCUT2D eigenvalue weighted by Gasteiger charge is 2.17. The monoisotopic (exact) mass is 213 g/mol. The molecule has 2 rings (SSSR count). The molecule has 5 nitrogen and oxygen atoms in total. The van der Waals surface area contributed by atoms with Gasteiger partial charge in [-0.3, -0.25) is 10.0 Å². The summed E-state index contributed by atoms with van der Waals surface area (Å²) in [5.74, 6) is -0.931. The van der Waals surface area contributed by atoms with Crippen molar-refractivity contribution in [3.63, 3.8) is 0 Å². The summed E-state index contributed by atoms with van der Waals surface area (Å²) in [6.45, 7) is 0. The molecular weight excluding hydrogens is 208 g/mol. The maximum atomic E-state index is 13.1. The molecule has 1 aromatic carbocycles. The van der Waals surface area contributed by atoms with Gasteiger partial charge in [0.15, 0.2) is 0 Å². The molecule has 0 saturated heterocycles. The standard InChI is InChI=1S/C8H5F2N3O2/c9-8-11-5-3-1-2-4(7(14)12-15)6(5)13(8)10/h1-3,15H,(H,12,14). The summed E-state index contributed by atoms with van der Waals surface area (Å²) in [6.07, 6.45) is -1.34. The van der Waals surface area contributed by atoms with Crippen molar-refractivity contribution < 1.29 is 18.9 Å². The van der Waals surface area contributed by atoms with Gasteiger partial charge in [-0.2, -0.15) is 9.37 Å². The van der Waals surface area contributed by atoms with E-state index < -0.39 is 12.0 Å². The average molecular weight is 213 g/mol. The molecule has 0 spiro atoms. The van der Waals surface area contributed by atoms with E-state index in [2.05, 4.69) is 4.98 Å². The number of nitrogens with zero attached hydrogens (tertiary/aromatic N) is 2. The molecule has 0 unspecified atom stereocenters. The SMILES string of the molecule is O=C(NO)c1cccc2nc(F)n(F)c12. The zero-order valence-electron chi connectivity index (χ0n) is 7.24. The van der Waals surface area contributed by atoms with Gasteiger partial charge in [-0.25, -0.2) is 5.48 Å². The van der Waals surface area contributed by atoms with Gasteiger partial charge >= 0.3 is 6.08 Å². The number of hydrogen-bond acceptors (Lipinski definition) is 3. The van der Waals surface area contributed by atoms with Crippen molar-refractivity contribution >= 4 is 16.9 Å². The second kappa shape index (κ2) is 3.28. The third kappa shape index (κ3) is 1.33. The number of para-hydroxylation sites is 1. The van der Waals surface area contributed by atoms with Gasteiger partial charge in [0, 0.05) is 0 Å². The Bertz CT molecular complexity index is 538. The smallest absolute Gasteiger partial charge is 0.288 e. The van der Waals surface area contributed by atoms with E-state index in [9.17, 15) is 13.7 Å². The number of fused-ring (bicyclic) bond motifs is 1. The van der Waals surface area contributed by atoms with E-state index in [0.717, 1.165) is 0 Å². The van der Waals surface area contributed by atoms with E-state index in [1.165, 1.54) is 23.7 Å². The number of aromatic nitrogens is 2. The van der Waals surface area contributed by atoms with Crippen LogP contribution in [-0.2, 0) is 0 Å². The molecule has 2 aromatic rings. The molecule has 0 fully saturated rings. The number of rotatable bonds is 1. The number of halogens is 2. The highest BCUT2D eigenvalue weighted by molar-refractivity contribution is 6.04. The average Bonchev–Trinajstić information content (AvgIpc) is 2.54. The molecule has 7 heteroatoms. The Balaban J connectivity index is 2.80. The first-order valence-corrected chi connectivity index (χ1v) is 3.92. The predicted molar refractivity (Wildman–Crippen MR) is 45.4 cm³/mol. The summed E-state index contributed by atoms with van der Waals surface area (Å²) in [4.78, 5) is 14.0. The molecule has 0 aliphatic carbocycles. The Morgan fingerprint density at radius 2 is 2.27 bits per heavy atom. The molecule has 78 valence electrons. The summed E-state index contributed by atoms with van der Waals surface area (Å²) in [7, 11) is 0. The van der Waals surface area contributed by atoms with Gasteiger partial charge in [0.25, 0.3) is 5.91 Å². The Morgan fingerprint density at radius 3 is 2.93 bits per heavy atom. The minimum Gasteiger partial charge on any atom is -0.288 e. The first-order chi connectivity index (χ1) is 7.15. The van der Waals surface area contributed by atoms with Crippen LogP contribution in [0.4, 0.5) is 8.87 Å². The second-order valence-electron chi connectivity index (χ2n) is 2.78. The van der Waals surface area contributed by atoms with Crippen LogP contribution in [0.2, 0.25) is 0 Å². The van der Waals surface area contributed by atoms with E-state index >= 15 is 0 Å². The third-order valence-corrected chi connectivity index (χ3v) is 1.93. The minimum absolute atomic E-state index is 0.00361. The lowest BCUT2D eigenvalue weighted by Crippen LogP contribution is -2.19. The summed E-state index contributed by atoms with van der Waals surface area (Å²) in [5.41, 5.74) is 0.819. The van der Waals surface area contributed by atoms with Gasteiger partial charge in [0.1, 0.15) is 5.52 Å². The van der Waals surface area contributed by atoms with Crippen molar-refractivity contribution in [1.29, 1.82) is 0 Å². The quantitative estimate of drug-likeness (QED) is 0.549. The van der Waals surface area contributed by atoms with Crippen molar-refractivity contribution in [2.45, 2.75) is 0 Å². The predicted octanol–water partition coefficient (Wildman–Crippen LogP) is 1.03. The van der Waals surface area contributed by atoms with E-state index in [1.54, 1.807) is 0 Å². The highest BCUT2D eigenvalue weighted by Crippen LogP contribution is 2.19. The van der Waals surface area contributed by atoms with Gasteiger partial charge in [0.05, 0.1) is 11.1 Å². The first-order valence-electron chi connectivity index (χ1n) is 3.92. The number of nitrogens with one attached hydrogen (secondary N) is 1. The van der Waals surface area contributed by atoms with Gasteiger partial charge in [-0.15, -0.1) is 4.79 Å². The van der Waals surface area contributed by atoms with Gasteiger partial charge in [-0.1, -0.05) is 10.5 Å². The number of amides is 1. The van der Waals surface area contributed by atoms with E-state index in [4.69, 9.17) is 5.21 Å². The Morgan fingerprint density at radius 1 is 1.53 bits per heavy atom. The van der Waals surface area contributed by atoms with Crippen LogP contribution >= 0.6 is 0 Å². The summed E-state index contributed by atoms with van der Waals surface area (Å²) < 4.78 is 25.9. The molecule has 0 aliphatic heterocycles. The number of carbonyl (C=O) groups is 1. The lowest BCUT2D eigenvalue weighted by molar-refractivity contribution is 0.0707. The van der Waals surface area contributed by atoms with Crippen molar-refractivity contribution in [2.24, 2.45) is 0 Å². The van der Waals surface area contributed by atoms with Gasteiger partial charge < -0.3 is 0 Å². The normalized spacial score (nSPS) is 10.6. The zero-order valence-corrected chi connectivity index (χ0v) is 7.24. The molecule has 15 heavy (non-hydrogen) atoms. The molecule has 1 aromatic heterocycles. The summed E-state index contributed by atoms with van der Waals surface area (Å²) in [6, 6.07) is 3.99. The second-order valence-corrected chi connectivity index (χ2v) is 2.78. The summed E-state index contributed by atoms with van der Waals surface area (Å²) in [5, 5.41) is 8.40. The first kappa shape index (κ1) is 9.53. The van der Waals surface area contributed by atoms with Crippen molar-refractivity contribution in [3.05, 3.63) is 29.8 Å². The molecule has 0 atom stereocenters. The van der Waals surface area contributed by atoms with E-state index in [1.807, 2.05) is 0 Å². The maximum Gasteiger partial charge on any atom is 0.318 e. The van der Waals surface area contributed by atoms with Gasteiger partial charge in [0.2, 0.25) is 0 Å². The maximum absolute atomic E-state index is 13.1. The fourth-order valence-corrected chi connectivity index (χ4v) is 1.31. The van der Waals surface area contributed by atoms with Crippen LogP contribution in [0.3, 0.4) is 0 Å².